The number of fused-ring (bicyclic) bond motifs is 1. The van der Waals surface area contributed by atoms with Gasteiger partial charge in [-0.3, -0.25) is 14.7 Å². The van der Waals surface area contributed by atoms with E-state index in [4.69, 9.17) is 10.7 Å². The minimum atomic E-state index is 0.142. The molecule has 0 atom stereocenters. The highest BCUT2D eigenvalue weighted by Crippen LogP contribution is 2.26. The molecular formula is C19H22N6O. The maximum atomic E-state index is 11.5. The second-order valence-electron chi connectivity index (χ2n) is 6.62. The number of imidazole rings is 1. The summed E-state index contributed by atoms with van der Waals surface area (Å²) in [4.78, 5) is 24.8. The van der Waals surface area contributed by atoms with Crippen LogP contribution in [0.5, 0.6) is 0 Å². The Balaban J connectivity index is 1.69. The molecule has 3 aromatic rings. The number of rotatable bonds is 3. The van der Waals surface area contributed by atoms with Gasteiger partial charge in [-0.25, -0.2) is 4.98 Å². The van der Waals surface area contributed by atoms with Crippen LogP contribution in [0.2, 0.25) is 0 Å². The lowest BCUT2D eigenvalue weighted by Gasteiger charge is -2.34. The number of carbonyl (C=O) groups is 1. The fourth-order valence-electron chi connectivity index (χ4n) is 3.43. The number of carbonyl (C=O) groups excluding carboxylic acids is 1. The molecule has 0 spiro atoms. The van der Waals surface area contributed by atoms with Crippen LogP contribution in [-0.2, 0) is 11.3 Å². The molecule has 1 saturated heterocycles. The van der Waals surface area contributed by atoms with Crippen molar-refractivity contribution in [1.29, 1.82) is 0 Å². The van der Waals surface area contributed by atoms with E-state index >= 15 is 0 Å². The van der Waals surface area contributed by atoms with Crippen LogP contribution < -0.4 is 5.73 Å². The molecular weight excluding hydrogens is 328 g/mol. The van der Waals surface area contributed by atoms with Gasteiger partial charge in [-0.05, 0) is 24.3 Å². The summed E-state index contributed by atoms with van der Waals surface area (Å²) in [5.74, 6) is 0.142. The summed E-state index contributed by atoms with van der Waals surface area (Å²) in [6.45, 7) is 5.60. The molecule has 0 saturated carbocycles. The SMILES string of the molecule is CC(=O)N1CCN(Cc2c(-c3cccnc3)nc3ccc(N)cn23)CC1. The molecule has 0 aliphatic carbocycles. The first-order valence-corrected chi connectivity index (χ1v) is 8.76. The summed E-state index contributed by atoms with van der Waals surface area (Å²) in [6, 6.07) is 7.75. The van der Waals surface area contributed by atoms with Crippen molar-refractivity contribution in [3.8, 4) is 11.3 Å². The van der Waals surface area contributed by atoms with Crippen LogP contribution in [0.15, 0.2) is 42.9 Å². The van der Waals surface area contributed by atoms with Gasteiger partial charge in [-0.2, -0.15) is 0 Å². The van der Waals surface area contributed by atoms with E-state index in [1.165, 1.54) is 0 Å². The molecule has 0 bridgehead atoms. The predicted octanol–water partition coefficient (Wildman–Crippen LogP) is 1.64. The number of nitrogen functional groups attached to an aromatic ring is 1. The Morgan fingerprint density at radius 1 is 1.19 bits per heavy atom. The Hall–Kier alpha value is -2.93. The molecule has 3 aromatic heterocycles. The Morgan fingerprint density at radius 3 is 2.69 bits per heavy atom. The van der Waals surface area contributed by atoms with Gasteiger partial charge in [0, 0.05) is 69.5 Å². The molecule has 0 unspecified atom stereocenters. The highest BCUT2D eigenvalue weighted by molar-refractivity contribution is 5.73. The number of amides is 1. The van der Waals surface area contributed by atoms with Gasteiger partial charge >= 0.3 is 0 Å². The van der Waals surface area contributed by atoms with Crippen molar-refractivity contribution in [2.24, 2.45) is 0 Å². The van der Waals surface area contributed by atoms with Crippen molar-refractivity contribution < 1.29 is 4.79 Å². The average molecular weight is 350 g/mol. The zero-order valence-electron chi connectivity index (χ0n) is 14.8. The molecule has 7 nitrogen and oxygen atoms in total. The van der Waals surface area contributed by atoms with Crippen LogP contribution in [-0.4, -0.2) is 56.3 Å². The second kappa shape index (κ2) is 6.76. The fraction of sp³-hybridized carbons (Fsp3) is 0.316. The summed E-state index contributed by atoms with van der Waals surface area (Å²) >= 11 is 0. The average Bonchev–Trinajstić information content (AvgIpc) is 3.01. The summed E-state index contributed by atoms with van der Waals surface area (Å²) < 4.78 is 2.06. The molecule has 0 radical (unpaired) electrons. The van der Waals surface area contributed by atoms with Crippen molar-refractivity contribution >= 4 is 17.2 Å². The van der Waals surface area contributed by atoms with Crippen LogP contribution in [0.4, 0.5) is 5.69 Å². The lowest BCUT2D eigenvalue weighted by molar-refractivity contribution is -0.130. The first-order chi connectivity index (χ1) is 12.6. The van der Waals surface area contributed by atoms with E-state index in [-0.39, 0.29) is 5.91 Å². The van der Waals surface area contributed by atoms with E-state index in [1.54, 1.807) is 13.1 Å². The largest absolute Gasteiger partial charge is 0.398 e. The minimum absolute atomic E-state index is 0.142. The summed E-state index contributed by atoms with van der Waals surface area (Å²) in [5, 5.41) is 0. The Kier molecular flexibility index (Phi) is 4.30. The lowest BCUT2D eigenvalue weighted by Crippen LogP contribution is -2.47. The number of nitrogens with zero attached hydrogens (tertiary/aromatic N) is 5. The van der Waals surface area contributed by atoms with Crippen LogP contribution in [0.1, 0.15) is 12.6 Å². The van der Waals surface area contributed by atoms with Crippen LogP contribution >= 0.6 is 0 Å². The van der Waals surface area contributed by atoms with Crippen molar-refractivity contribution in [2.75, 3.05) is 31.9 Å². The fourth-order valence-corrected chi connectivity index (χ4v) is 3.43. The van der Waals surface area contributed by atoms with Crippen molar-refractivity contribution in [3.05, 3.63) is 48.5 Å². The molecule has 1 amide bonds. The first-order valence-electron chi connectivity index (χ1n) is 8.76. The highest BCUT2D eigenvalue weighted by atomic mass is 16.2. The molecule has 2 N–H and O–H groups in total. The summed E-state index contributed by atoms with van der Waals surface area (Å²) in [5.41, 5.74) is 10.6. The summed E-state index contributed by atoms with van der Waals surface area (Å²) in [6.07, 6.45) is 5.52. The Labute approximate surface area is 152 Å². The van der Waals surface area contributed by atoms with E-state index in [2.05, 4.69) is 14.3 Å². The zero-order valence-corrected chi connectivity index (χ0v) is 14.8. The van der Waals surface area contributed by atoms with Crippen molar-refractivity contribution in [3.63, 3.8) is 0 Å². The van der Waals surface area contributed by atoms with Gasteiger partial charge in [0.15, 0.2) is 0 Å². The first kappa shape index (κ1) is 16.5. The van der Waals surface area contributed by atoms with E-state index in [0.717, 1.165) is 55.3 Å². The van der Waals surface area contributed by atoms with Gasteiger partial charge in [-0.1, -0.05) is 0 Å². The number of hydrogen-bond acceptors (Lipinski definition) is 5. The van der Waals surface area contributed by atoms with Gasteiger partial charge in [0.2, 0.25) is 5.91 Å². The van der Waals surface area contributed by atoms with E-state index < -0.39 is 0 Å². The second-order valence-corrected chi connectivity index (χ2v) is 6.62. The molecule has 7 heteroatoms. The summed E-state index contributed by atoms with van der Waals surface area (Å²) in [7, 11) is 0. The zero-order chi connectivity index (χ0) is 18.1. The quantitative estimate of drug-likeness (QED) is 0.777. The Morgan fingerprint density at radius 2 is 2.00 bits per heavy atom. The van der Waals surface area contributed by atoms with Gasteiger partial charge in [0.05, 0.1) is 11.4 Å². The van der Waals surface area contributed by atoms with E-state index in [9.17, 15) is 4.79 Å². The normalized spacial score (nSPS) is 15.5. The molecule has 1 aliphatic rings. The van der Waals surface area contributed by atoms with Gasteiger partial charge in [-0.15, -0.1) is 0 Å². The number of piperazine rings is 1. The lowest BCUT2D eigenvalue weighted by atomic mass is 10.1. The smallest absolute Gasteiger partial charge is 0.219 e. The van der Waals surface area contributed by atoms with Crippen LogP contribution in [0.25, 0.3) is 16.9 Å². The minimum Gasteiger partial charge on any atom is -0.398 e. The van der Waals surface area contributed by atoms with E-state index in [0.29, 0.717) is 5.69 Å². The number of aromatic nitrogens is 3. The van der Waals surface area contributed by atoms with Gasteiger partial charge in [0.25, 0.3) is 0 Å². The molecule has 1 fully saturated rings. The third kappa shape index (κ3) is 3.13. The third-order valence-corrected chi connectivity index (χ3v) is 4.87. The molecule has 1 aliphatic heterocycles. The molecule has 134 valence electrons. The maximum absolute atomic E-state index is 11.5. The molecule has 4 heterocycles. The standard InChI is InChI=1S/C19H22N6O/c1-14(26)24-9-7-23(8-10-24)13-17-19(15-3-2-6-21-11-15)22-18-5-4-16(20)12-25(17)18/h2-6,11-12H,7-10,13,20H2,1H3. The van der Waals surface area contributed by atoms with Crippen LogP contribution in [0, 0.1) is 0 Å². The van der Waals surface area contributed by atoms with Crippen molar-refractivity contribution in [2.45, 2.75) is 13.5 Å². The van der Waals surface area contributed by atoms with Crippen LogP contribution in [0.3, 0.4) is 0 Å². The maximum Gasteiger partial charge on any atom is 0.219 e. The molecule has 4 rings (SSSR count). The van der Waals surface area contributed by atoms with Crippen molar-refractivity contribution in [1.82, 2.24) is 24.2 Å². The Bertz CT molecular complexity index is 928. The number of nitrogens with two attached hydrogens (primary N) is 1. The highest BCUT2D eigenvalue weighted by Gasteiger charge is 2.22. The monoisotopic (exact) mass is 350 g/mol. The number of hydrogen-bond donors (Lipinski definition) is 1. The van der Waals surface area contributed by atoms with E-state index in [1.807, 2.05) is 41.6 Å². The predicted molar refractivity (Wildman–Crippen MR) is 100 cm³/mol. The number of pyridine rings is 2. The molecule has 0 aromatic carbocycles. The topological polar surface area (TPSA) is 79.8 Å². The number of anilines is 1. The van der Waals surface area contributed by atoms with Gasteiger partial charge < -0.3 is 15.0 Å². The molecule has 26 heavy (non-hydrogen) atoms. The third-order valence-electron chi connectivity index (χ3n) is 4.87. The van der Waals surface area contributed by atoms with Gasteiger partial charge in [0.1, 0.15) is 5.65 Å².